The number of nitrogens with zero attached hydrogens (tertiary/aromatic N) is 1. The van der Waals surface area contributed by atoms with Crippen LogP contribution in [0.5, 0.6) is 11.5 Å². The molecule has 0 spiro atoms. The van der Waals surface area contributed by atoms with Gasteiger partial charge in [0.05, 0.1) is 13.2 Å². The molecule has 1 aromatic heterocycles. The average molecular weight is 485 g/mol. The lowest BCUT2D eigenvalue weighted by Crippen LogP contribution is -2.36. The molecular weight excluding hydrogens is 452 g/mol. The predicted octanol–water partition coefficient (Wildman–Crippen LogP) is 5.71. The fraction of sp³-hybridized carbons (Fsp3) is 0.241. The van der Waals surface area contributed by atoms with Crippen LogP contribution >= 0.6 is 0 Å². The van der Waals surface area contributed by atoms with E-state index >= 15 is 0 Å². The molecule has 4 rings (SSSR count). The number of H-pyrrole nitrogens is 1. The Kier molecular flexibility index (Phi) is 8.24. The molecule has 186 valence electrons. The highest BCUT2D eigenvalue weighted by molar-refractivity contribution is 6.10. The molecule has 0 saturated heterocycles. The first kappa shape index (κ1) is 24.9. The van der Waals surface area contributed by atoms with E-state index in [1.165, 1.54) is 10.9 Å². The Hall–Kier alpha value is -4.26. The summed E-state index contributed by atoms with van der Waals surface area (Å²) in [6.45, 7) is 7.30. The number of aryl methyl sites for hydroxylation is 1. The number of anilines is 1. The van der Waals surface area contributed by atoms with Crippen molar-refractivity contribution in [3.63, 3.8) is 0 Å². The molecular formula is C29H32N4O3. The number of aromatic amines is 1. The SMILES string of the molecule is CCOc1ccc(C(=O)NC(=NCCc2c[nH]c3ccccc23)Nc2ccccc2C)cc1OCC. The van der Waals surface area contributed by atoms with Gasteiger partial charge in [0.15, 0.2) is 11.5 Å². The summed E-state index contributed by atoms with van der Waals surface area (Å²) in [5.74, 6) is 1.25. The maximum absolute atomic E-state index is 13.2. The summed E-state index contributed by atoms with van der Waals surface area (Å²) in [5.41, 5.74) is 4.67. The number of guanidine groups is 1. The van der Waals surface area contributed by atoms with E-state index in [0.29, 0.717) is 42.8 Å². The number of fused-ring (bicyclic) bond motifs is 1. The molecule has 0 fully saturated rings. The minimum Gasteiger partial charge on any atom is -0.490 e. The van der Waals surface area contributed by atoms with E-state index in [9.17, 15) is 4.79 Å². The van der Waals surface area contributed by atoms with E-state index in [1.54, 1.807) is 18.2 Å². The third-order valence-corrected chi connectivity index (χ3v) is 5.76. The summed E-state index contributed by atoms with van der Waals surface area (Å²) in [4.78, 5) is 21.2. The van der Waals surface area contributed by atoms with Gasteiger partial charge in [-0.2, -0.15) is 0 Å². The molecule has 0 radical (unpaired) electrons. The Morgan fingerprint density at radius 2 is 1.69 bits per heavy atom. The van der Waals surface area contributed by atoms with Gasteiger partial charge < -0.3 is 19.8 Å². The molecule has 0 atom stereocenters. The highest BCUT2D eigenvalue weighted by atomic mass is 16.5. The molecule has 3 aromatic carbocycles. The summed E-state index contributed by atoms with van der Waals surface area (Å²) in [7, 11) is 0. The summed E-state index contributed by atoms with van der Waals surface area (Å²) >= 11 is 0. The number of benzene rings is 3. The topological polar surface area (TPSA) is 87.7 Å². The normalized spacial score (nSPS) is 11.4. The van der Waals surface area contributed by atoms with E-state index in [4.69, 9.17) is 14.5 Å². The number of ether oxygens (including phenoxy) is 2. The van der Waals surface area contributed by atoms with Gasteiger partial charge in [0.1, 0.15) is 0 Å². The fourth-order valence-corrected chi connectivity index (χ4v) is 3.95. The van der Waals surface area contributed by atoms with Crippen LogP contribution in [0.2, 0.25) is 0 Å². The zero-order valence-electron chi connectivity index (χ0n) is 20.9. The van der Waals surface area contributed by atoms with Crippen molar-refractivity contribution in [1.82, 2.24) is 10.3 Å². The number of rotatable bonds is 9. The maximum Gasteiger partial charge on any atom is 0.258 e. The van der Waals surface area contributed by atoms with Crippen molar-refractivity contribution in [2.45, 2.75) is 27.2 Å². The van der Waals surface area contributed by atoms with Crippen molar-refractivity contribution in [3.05, 3.63) is 89.6 Å². The van der Waals surface area contributed by atoms with Crippen molar-refractivity contribution >= 4 is 28.5 Å². The second-order valence-electron chi connectivity index (χ2n) is 8.26. The number of aliphatic imine (C=N–C) groups is 1. The number of hydrogen-bond donors (Lipinski definition) is 3. The summed E-state index contributed by atoms with van der Waals surface area (Å²) in [6.07, 6.45) is 2.75. The van der Waals surface area contributed by atoms with Gasteiger partial charge in [0.2, 0.25) is 5.96 Å². The lowest BCUT2D eigenvalue weighted by molar-refractivity contribution is 0.0976. The highest BCUT2D eigenvalue weighted by Crippen LogP contribution is 2.28. The van der Waals surface area contributed by atoms with E-state index in [-0.39, 0.29) is 5.91 Å². The van der Waals surface area contributed by atoms with Crippen LogP contribution in [0.25, 0.3) is 10.9 Å². The number of carbonyl (C=O) groups is 1. The molecule has 7 nitrogen and oxygen atoms in total. The second kappa shape index (κ2) is 11.9. The largest absolute Gasteiger partial charge is 0.490 e. The Bertz CT molecular complexity index is 1360. The molecule has 4 aromatic rings. The van der Waals surface area contributed by atoms with Crippen LogP contribution in [0.4, 0.5) is 5.69 Å². The number of amides is 1. The smallest absolute Gasteiger partial charge is 0.258 e. The van der Waals surface area contributed by atoms with E-state index in [2.05, 4.69) is 27.8 Å². The lowest BCUT2D eigenvalue weighted by Gasteiger charge is -2.15. The van der Waals surface area contributed by atoms with Gasteiger partial charge >= 0.3 is 0 Å². The number of nitrogens with one attached hydrogen (secondary N) is 3. The standard InChI is InChI=1S/C29H32N4O3/c1-4-35-26-15-14-21(18-27(26)36-5-2)28(34)33-29(32-24-12-8-6-10-20(24)3)30-17-16-22-19-31-25-13-9-7-11-23(22)25/h6-15,18-19,31H,4-5,16-17H2,1-3H3,(H2,30,32,33,34). The zero-order chi connectivity index (χ0) is 25.3. The van der Waals surface area contributed by atoms with Gasteiger partial charge in [-0.15, -0.1) is 0 Å². The van der Waals surface area contributed by atoms with Crippen LogP contribution in [0.15, 0.2) is 77.9 Å². The van der Waals surface area contributed by atoms with Crippen LogP contribution in [-0.4, -0.2) is 36.6 Å². The van der Waals surface area contributed by atoms with Crippen LogP contribution in [-0.2, 0) is 6.42 Å². The molecule has 1 amide bonds. The van der Waals surface area contributed by atoms with Gasteiger partial charge in [-0.05, 0) is 68.7 Å². The van der Waals surface area contributed by atoms with Crippen LogP contribution in [0, 0.1) is 6.92 Å². The molecule has 0 unspecified atom stereocenters. The van der Waals surface area contributed by atoms with Crippen molar-refractivity contribution in [2.24, 2.45) is 4.99 Å². The van der Waals surface area contributed by atoms with Gasteiger partial charge in [0.25, 0.3) is 5.91 Å². The van der Waals surface area contributed by atoms with Crippen molar-refractivity contribution in [3.8, 4) is 11.5 Å². The maximum atomic E-state index is 13.2. The van der Waals surface area contributed by atoms with Gasteiger partial charge in [-0.25, -0.2) is 0 Å². The van der Waals surface area contributed by atoms with Crippen molar-refractivity contribution in [1.29, 1.82) is 0 Å². The fourth-order valence-electron chi connectivity index (χ4n) is 3.95. The molecule has 7 heteroatoms. The molecule has 0 bridgehead atoms. The Labute approximate surface area is 211 Å². The predicted molar refractivity (Wildman–Crippen MR) is 145 cm³/mol. The molecule has 0 aliphatic rings. The van der Waals surface area contributed by atoms with Gasteiger partial charge in [0, 0.05) is 34.9 Å². The number of hydrogen-bond acceptors (Lipinski definition) is 4. The molecule has 36 heavy (non-hydrogen) atoms. The first-order valence-corrected chi connectivity index (χ1v) is 12.2. The Morgan fingerprint density at radius 3 is 2.50 bits per heavy atom. The number of aromatic nitrogens is 1. The summed E-state index contributed by atoms with van der Waals surface area (Å²) in [6, 6.07) is 21.3. The van der Waals surface area contributed by atoms with E-state index in [1.807, 2.05) is 63.4 Å². The zero-order valence-corrected chi connectivity index (χ0v) is 20.9. The third-order valence-electron chi connectivity index (χ3n) is 5.76. The number of carbonyl (C=O) groups excluding carboxylic acids is 1. The van der Waals surface area contributed by atoms with Crippen LogP contribution < -0.4 is 20.1 Å². The van der Waals surface area contributed by atoms with Crippen LogP contribution in [0.3, 0.4) is 0 Å². The van der Waals surface area contributed by atoms with E-state index in [0.717, 1.165) is 23.2 Å². The Morgan fingerprint density at radius 1 is 0.944 bits per heavy atom. The van der Waals surface area contributed by atoms with Gasteiger partial charge in [-0.1, -0.05) is 36.4 Å². The quantitative estimate of drug-likeness (QED) is 0.210. The summed E-state index contributed by atoms with van der Waals surface area (Å²) in [5, 5.41) is 7.42. The molecule has 0 aliphatic carbocycles. The third kappa shape index (κ3) is 6.05. The molecule has 3 N–H and O–H groups in total. The number of para-hydroxylation sites is 2. The first-order chi connectivity index (χ1) is 17.6. The molecule has 0 saturated carbocycles. The summed E-state index contributed by atoms with van der Waals surface area (Å²) < 4.78 is 11.3. The van der Waals surface area contributed by atoms with E-state index < -0.39 is 0 Å². The average Bonchev–Trinajstić information content (AvgIpc) is 3.29. The van der Waals surface area contributed by atoms with Crippen molar-refractivity contribution in [2.75, 3.05) is 25.1 Å². The Balaban J connectivity index is 1.54. The van der Waals surface area contributed by atoms with Crippen molar-refractivity contribution < 1.29 is 14.3 Å². The monoisotopic (exact) mass is 484 g/mol. The first-order valence-electron chi connectivity index (χ1n) is 12.2. The van der Waals surface area contributed by atoms with Crippen LogP contribution in [0.1, 0.15) is 35.3 Å². The second-order valence-corrected chi connectivity index (χ2v) is 8.26. The highest BCUT2D eigenvalue weighted by Gasteiger charge is 2.14. The van der Waals surface area contributed by atoms with Gasteiger partial charge in [-0.3, -0.25) is 15.1 Å². The minimum absolute atomic E-state index is 0.286. The molecule has 0 aliphatic heterocycles. The minimum atomic E-state index is -0.286. The molecule has 1 heterocycles. The lowest BCUT2D eigenvalue weighted by atomic mass is 10.1.